The van der Waals surface area contributed by atoms with Gasteiger partial charge in [0.05, 0.1) is 5.69 Å². The van der Waals surface area contributed by atoms with Gasteiger partial charge in [-0.1, -0.05) is 30.3 Å². The van der Waals surface area contributed by atoms with Gasteiger partial charge in [-0.3, -0.25) is 0 Å². The summed E-state index contributed by atoms with van der Waals surface area (Å²) in [5, 5.41) is 14.8. The van der Waals surface area contributed by atoms with Crippen LogP contribution in [0, 0.1) is 5.21 Å². The van der Waals surface area contributed by atoms with Crippen LogP contribution < -0.4 is 21.3 Å². The van der Waals surface area contributed by atoms with Crippen LogP contribution in [0.5, 0.6) is 11.5 Å². The monoisotopic (exact) mass is 357 g/mol. The van der Waals surface area contributed by atoms with Gasteiger partial charge in [0.1, 0.15) is 17.2 Å². The van der Waals surface area contributed by atoms with Crippen LogP contribution in [0.3, 0.4) is 0 Å². The highest BCUT2D eigenvalue weighted by Crippen LogP contribution is 2.27. The van der Waals surface area contributed by atoms with Crippen molar-refractivity contribution in [3.8, 4) is 11.5 Å². The SMILES string of the molecule is Nc1ccc(N)c([NH+]([O-])c2ccc(Oc3ccc4ccccc4c3)cc2)c1. The number of ether oxygens (including phenoxy) is 1. The standard InChI is InChI=1S/C22H19N3O2/c23-17-6-12-21(24)22(14-17)25(26)18-7-10-19(11-8-18)27-20-9-5-15-3-1-2-4-16(15)13-20/h1-14,25H,23-24H2. The van der Waals surface area contributed by atoms with Gasteiger partial charge < -0.3 is 26.5 Å². The van der Waals surface area contributed by atoms with E-state index in [1.54, 1.807) is 42.5 Å². The Hall–Kier alpha value is -3.54. The molecule has 0 aliphatic rings. The van der Waals surface area contributed by atoms with Crippen molar-refractivity contribution in [3.05, 3.63) is 90.1 Å². The van der Waals surface area contributed by atoms with E-state index in [2.05, 4.69) is 6.07 Å². The first-order valence-corrected chi connectivity index (χ1v) is 8.56. The molecule has 0 aliphatic carbocycles. The summed E-state index contributed by atoms with van der Waals surface area (Å²) in [6.45, 7) is 0. The maximum atomic E-state index is 12.7. The van der Waals surface area contributed by atoms with Crippen LogP contribution >= 0.6 is 0 Å². The molecule has 0 bridgehead atoms. The molecular weight excluding hydrogens is 338 g/mol. The molecule has 4 rings (SSSR count). The molecule has 0 spiro atoms. The van der Waals surface area contributed by atoms with E-state index in [1.165, 1.54) is 0 Å². The van der Waals surface area contributed by atoms with Crippen LogP contribution in [-0.2, 0) is 0 Å². The zero-order valence-electron chi connectivity index (χ0n) is 14.6. The minimum atomic E-state index is -0.169. The molecule has 0 amide bonds. The predicted molar refractivity (Wildman–Crippen MR) is 109 cm³/mol. The lowest BCUT2D eigenvalue weighted by Crippen LogP contribution is -2.96. The first kappa shape index (κ1) is 16.9. The molecule has 0 heterocycles. The lowest BCUT2D eigenvalue weighted by Gasteiger charge is -2.23. The van der Waals surface area contributed by atoms with Crippen molar-refractivity contribution in [1.29, 1.82) is 0 Å². The Labute approximate surface area is 157 Å². The minimum Gasteiger partial charge on any atom is -0.623 e. The van der Waals surface area contributed by atoms with Gasteiger partial charge in [-0.25, -0.2) is 0 Å². The van der Waals surface area contributed by atoms with Crippen molar-refractivity contribution < 1.29 is 9.80 Å². The van der Waals surface area contributed by atoms with Gasteiger partial charge in [-0.05, 0) is 47.2 Å². The Morgan fingerprint density at radius 3 is 2.19 bits per heavy atom. The van der Waals surface area contributed by atoms with Gasteiger partial charge in [0, 0.05) is 23.9 Å². The molecule has 134 valence electrons. The van der Waals surface area contributed by atoms with E-state index in [9.17, 15) is 5.21 Å². The smallest absolute Gasteiger partial charge is 0.161 e. The number of nitrogens with two attached hydrogens (primary N) is 2. The third-order valence-corrected chi connectivity index (χ3v) is 4.40. The van der Waals surface area contributed by atoms with Gasteiger partial charge in [0.25, 0.3) is 0 Å². The Kier molecular flexibility index (Phi) is 4.38. The average Bonchev–Trinajstić information content (AvgIpc) is 2.70. The third kappa shape index (κ3) is 3.55. The maximum Gasteiger partial charge on any atom is 0.161 e. The third-order valence-electron chi connectivity index (χ3n) is 4.40. The number of nitrogens with one attached hydrogen (secondary N) is 1. The van der Waals surface area contributed by atoms with E-state index in [1.807, 2.05) is 36.4 Å². The number of hydrogen-bond donors (Lipinski definition) is 3. The van der Waals surface area contributed by atoms with Crippen LogP contribution in [0.15, 0.2) is 84.9 Å². The van der Waals surface area contributed by atoms with Gasteiger partial charge in [0.2, 0.25) is 0 Å². The summed E-state index contributed by atoms with van der Waals surface area (Å²) in [4.78, 5) is 0. The van der Waals surface area contributed by atoms with E-state index in [0.717, 1.165) is 16.5 Å². The number of rotatable bonds is 4. The first-order valence-electron chi connectivity index (χ1n) is 8.56. The number of nitrogen functional groups attached to an aromatic ring is 2. The molecule has 27 heavy (non-hydrogen) atoms. The van der Waals surface area contributed by atoms with Crippen LogP contribution in [0.1, 0.15) is 0 Å². The van der Waals surface area contributed by atoms with Gasteiger partial charge in [-0.2, -0.15) is 0 Å². The van der Waals surface area contributed by atoms with Crippen molar-refractivity contribution in [3.63, 3.8) is 0 Å². The summed E-state index contributed by atoms with van der Waals surface area (Å²) < 4.78 is 5.91. The molecule has 0 radical (unpaired) electrons. The molecule has 4 aromatic rings. The topological polar surface area (TPSA) is 88.8 Å². The number of fused-ring (bicyclic) bond motifs is 1. The number of quaternary nitrogens is 1. The zero-order valence-corrected chi connectivity index (χ0v) is 14.6. The molecule has 5 N–H and O–H groups in total. The first-order chi connectivity index (χ1) is 13.1. The van der Waals surface area contributed by atoms with Crippen molar-refractivity contribution >= 4 is 33.5 Å². The second-order valence-corrected chi connectivity index (χ2v) is 6.31. The van der Waals surface area contributed by atoms with Gasteiger partial charge >= 0.3 is 0 Å². The number of anilines is 2. The summed E-state index contributed by atoms with van der Waals surface area (Å²) in [5.41, 5.74) is 13.5. The number of hydrogen-bond acceptors (Lipinski definition) is 4. The summed E-state index contributed by atoms with van der Waals surface area (Å²) >= 11 is 0. The normalized spacial score (nSPS) is 12.0. The summed E-state index contributed by atoms with van der Waals surface area (Å²) in [5.74, 6) is 1.40. The molecule has 1 unspecified atom stereocenters. The molecule has 5 heteroatoms. The number of benzene rings is 4. The van der Waals surface area contributed by atoms with Crippen molar-refractivity contribution in [1.82, 2.24) is 0 Å². The van der Waals surface area contributed by atoms with E-state index in [4.69, 9.17) is 16.2 Å². The largest absolute Gasteiger partial charge is 0.623 e. The van der Waals surface area contributed by atoms with Crippen LogP contribution in [0.2, 0.25) is 0 Å². The maximum absolute atomic E-state index is 12.7. The zero-order chi connectivity index (χ0) is 18.8. The molecule has 1 atom stereocenters. The average molecular weight is 357 g/mol. The Balaban J connectivity index is 1.55. The van der Waals surface area contributed by atoms with Gasteiger partial charge in [0.15, 0.2) is 5.69 Å². The molecule has 0 aliphatic heterocycles. The Bertz CT molecular complexity index is 1090. The Morgan fingerprint density at radius 1 is 0.704 bits per heavy atom. The lowest BCUT2D eigenvalue weighted by molar-refractivity contribution is -0.697. The molecule has 4 aromatic carbocycles. The minimum absolute atomic E-state index is 0.169. The Morgan fingerprint density at radius 2 is 1.41 bits per heavy atom. The summed E-state index contributed by atoms with van der Waals surface area (Å²) in [6, 6.07) is 25.9. The molecule has 0 saturated heterocycles. The fourth-order valence-electron chi connectivity index (χ4n) is 2.97. The highest BCUT2D eigenvalue weighted by atomic mass is 16.5. The second kappa shape index (κ2) is 6.99. The predicted octanol–water partition coefficient (Wildman–Crippen LogP) is 4.14. The highest BCUT2D eigenvalue weighted by molar-refractivity contribution is 5.83. The van der Waals surface area contributed by atoms with Crippen LogP contribution in [-0.4, -0.2) is 0 Å². The molecule has 0 saturated carbocycles. The quantitative estimate of drug-likeness (QED) is 0.378. The van der Waals surface area contributed by atoms with E-state index >= 15 is 0 Å². The lowest BCUT2D eigenvalue weighted by atomic mass is 10.1. The summed E-state index contributed by atoms with van der Waals surface area (Å²) in [7, 11) is 0. The van der Waals surface area contributed by atoms with Gasteiger partial charge in [-0.15, -0.1) is 0 Å². The van der Waals surface area contributed by atoms with Crippen LogP contribution in [0.25, 0.3) is 10.8 Å². The summed E-state index contributed by atoms with van der Waals surface area (Å²) in [6.07, 6.45) is 0. The fraction of sp³-hybridized carbons (Fsp3) is 0. The fourth-order valence-corrected chi connectivity index (χ4v) is 2.97. The molecule has 0 fully saturated rings. The van der Waals surface area contributed by atoms with E-state index in [-0.39, 0.29) is 5.06 Å². The van der Waals surface area contributed by atoms with Crippen LogP contribution in [0.4, 0.5) is 22.7 Å². The van der Waals surface area contributed by atoms with Crippen molar-refractivity contribution in [2.45, 2.75) is 0 Å². The van der Waals surface area contributed by atoms with Crippen molar-refractivity contribution in [2.75, 3.05) is 11.5 Å². The van der Waals surface area contributed by atoms with Crippen molar-refractivity contribution in [2.24, 2.45) is 0 Å². The highest BCUT2D eigenvalue weighted by Gasteiger charge is 2.11. The second-order valence-electron chi connectivity index (χ2n) is 6.31. The molecule has 0 aromatic heterocycles. The van der Waals surface area contributed by atoms with E-state index < -0.39 is 0 Å². The van der Waals surface area contributed by atoms with E-state index in [0.29, 0.717) is 28.5 Å². The molecule has 5 nitrogen and oxygen atoms in total. The molecular formula is C22H19N3O2.